The Morgan fingerprint density at radius 3 is 2.60 bits per heavy atom. The number of sulfone groups is 1. The van der Waals surface area contributed by atoms with E-state index in [1.165, 1.54) is 19.2 Å². The third kappa shape index (κ3) is 5.11. The lowest BCUT2D eigenvalue weighted by Gasteiger charge is -2.13. The molecule has 0 unspecified atom stereocenters. The molecule has 8 heteroatoms. The molecule has 0 heterocycles. The predicted octanol–water partition coefficient (Wildman–Crippen LogP) is 3.11. The minimum absolute atomic E-state index is 0.0297. The van der Waals surface area contributed by atoms with Crippen LogP contribution in [0.4, 0.5) is 11.4 Å². The first-order valence-corrected chi connectivity index (χ1v) is 9.65. The molecule has 0 saturated heterocycles. The van der Waals surface area contributed by atoms with E-state index in [2.05, 4.69) is 10.6 Å². The van der Waals surface area contributed by atoms with Crippen LogP contribution < -0.4 is 15.4 Å². The van der Waals surface area contributed by atoms with Crippen LogP contribution in [0.15, 0.2) is 41.3 Å². The maximum atomic E-state index is 12.2. The van der Waals surface area contributed by atoms with Crippen LogP contribution in [-0.4, -0.2) is 34.2 Å². The van der Waals surface area contributed by atoms with E-state index >= 15 is 0 Å². The van der Waals surface area contributed by atoms with E-state index in [9.17, 15) is 13.2 Å². The molecule has 25 heavy (non-hydrogen) atoms. The molecule has 0 atom stereocenters. The first-order chi connectivity index (χ1) is 11.7. The maximum Gasteiger partial charge on any atom is 0.243 e. The van der Waals surface area contributed by atoms with Gasteiger partial charge in [-0.1, -0.05) is 17.7 Å². The zero-order chi connectivity index (χ0) is 18.6. The van der Waals surface area contributed by atoms with E-state index in [0.717, 1.165) is 11.8 Å². The molecule has 0 aromatic heterocycles. The van der Waals surface area contributed by atoms with E-state index in [1.54, 1.807) is 24.3 Å². The van der Waals surface area contributed by atoms with Crippen LogP contribution in [0, 0.1) is 6.92 Å². The van der Waals surface area contributed by atoms with Crippen LogP contribution in [-0.2, 0) is 14.6 Å². The van der Waals surface area contributed by atoms with Gasteiger partial charge < -0.3 is 15.4 Å². The summed E-state index contributed by atoms with van der Waals surface area (Å²) in [5.41, 5.74) is 1.87. The minimum Gasteiger partial charge on any atom is -0.495 e. The molecule has 2 N–H and O–H groups in total. The Hall–Kier alpha value is -2.25. The number of benzene rings is 2. The number of amides is 1. The van der Waals surface area contributed by atoms with Gasteiger partial charge in [0.2, 0.25) is 5.91 Å². The lowest BCUT2D eigenvalue weighted by molar-refractivity contribution is -0.114. The quantitative estimate of drug-likeness (QED) is 0.801. The van der Waals surface area contributed by atoms with E-state index in [-0.39, 0.29) is 17.3 Å². The second kappa shape index (κ2) is 7.76. The normalized spacial score (nSPS) is 11.0. The SMILES string of the molecule is COc1cc(Cl)c(C)cc1NC(=O)CNc1cccc(S(C)(=O)=O)c1. The molecule has 0 spiro atoms. The fourth-order valence-corrected chi connectivity index (χ4v) is 2.96. The summed E-state index contributed by atoms with van der Waals surface area (Å²) in [6.07, 6.45) is 1.13. The third-order valence-electron chi connectivity index (χ3n) is 3.47. The summed E-state index contributed by atoms with van der Waals surface area (Å²) in [4.78, 5) is 12.3. The van der Waals surface area contributed by atoms with Crippen molar-refractivity contribution in [2.24, 2.45) is 0 Å². The van der Waals surface area contributed by atoms with Gasteiger partial charge in [0.25, 0.3) is 0 Å². The maximum absolute atomic E-state index is 12.2. The van der Waals surface area contributed by atoms with Crippen molar-refractivity contribution >= 4 is 38.7 Å². The summed E-state index contributed by atoms with van der Waals surface area (Å²) in [7, 11) is -1.81. The summed E-state index contributed by atoms with van der Waals surface area (Å²) >= 11 is 6.04. The fraction of sp³-hybridized carbons (Fsp3) is 0.235. The molecule has 134 valence electrons. The molecule has 6 nitrogen and oxygen atoms in total. The fourth-order valence-electron chi connectivity index (χ4n) is 2.14. The molecule has 0 bridgehead atoms. The van der Waals surface area contributed by atoms with E-state index in [4.69, 9.17) is 16.3 Å². The highest BCUT2D eigenvalue weighted by molar-refractivity contribution is 7.90. The number of nitrogens with one attached hydrogen (secondary N) is 2. The molecule has 1 amide bonds. The predicted molar refractivity (Wildman–Crippen MR) is 99.4 cm³/mol. The monoisotopic (exact) mass is 382 g/mol. The van der Waals surface area contributed by atoms with Crippen molar-refractivity contribution in [3.8, 4) is 5.75 Å². The number of hydrogen-bond donors (Lipinski definition) is 2. The van der Waals surface area contributed by atoms with E-state index in [1.807, 2.05) is 6.92 Å². The van der Waals surface area contributed by atoms with Gasteiger partial charge in [-0.3, -0.25) is 4.79 Å². The number of hydrogen-bond acceptors (Lipinski definition) is 5. The topological polar surface area (TPSA) is 84.5 Å². The van der Waals surface area contributed by atoms with Gasteiger partial charge >= 0.3 is 0 Å². The number of aryl methyl sites for hydroxylation is 1. The first-order valence-electron chi connectivity index (χ1n) is 7.38. The van der Waals surface area contributed by atoms with Crippen molar-refractivity contribution in [2.75, 3.05) is 30.5 Å². The molecule has 2 rings (SSSR count). The summed E-state index contributed by atoms with van der Waals surface area (Å²) in [6.45, 7) is 1.80. The second-order valence-corrected chi connectivity index (χ2v) is 7.93. The smallest absolute Gasteiger partial charge is 0.243 e. The van der Waals surface area contributed by atoms with Gasteiger partial charge in [-0.2, -0.15) is 0 Å². The molecule has 0 saturated carbocycles. The molecule has 0 aliphatic carbocycles. The number of carbonyl (C=O) groups is 1. The van der Waals surface area contributed by atoms with Gasteiger partial charge in [0, 0.05) is 23.0 Å². The molecule has 2 aromatic carbocycles. The number of anilines is 2. The lowest BCUT2D eigenvalue weighted by atomic mass is 10.2. The second-order valence-electron chi connectivity index (χ2n) is 5.50. The highest BCUT2D eigenvalue weighted by atomic mass is 35.5. The van der Waals surface area contributed by atoms with Gasteiger partial charge in [-0.25, -0.2) is 8.42 Å². The average Bonchev–Trinajstić information content (AvgIpc) is 2.55. The average molecular weight is 383 g/mol. The lowest BCUT2D eigenvalue weighted by Crippen LogP contribution is -2.22. The minimum atomic E-state index is -3.30. The van der Waals surface area contributed by atoms with Crippen molar-refractivity contribution in [3.63, 3.8) is 0 Å². The van der Waals surface area contributed by atoms with Crippen molar-refractivity contribution in [3.05, 3.63) is 47.0 Å². The van der Waals surface area contributed by atoms with Gasteiger partial charge in [-0.15, -0.1) is 0 Å². The van der Waals surface area contributed by atoms with Crippen LogP contribution >= 0.6 is 11.6 Å². The number of halogens is 1. The Bertz CT molecular complexity index is 898. The number of ether oxygens (including phenoxy) is 1. The molecular weight excluding hydrogens is 364 g/mol. The zero-order valence-electron chi connectivity index (χ0n) is 14.1. The van der Waals surface area contributed by atoms with Crippen LogP contribution in [0.2, 0.25) is 5.02 Å². The van der Waals surface area contributed by atoms with Crippen molar-refractivity contribution in [2.45, 2.75) is 11.8 Å². The Morgan fingerprint density at radius 1 is 1.24 bits per heavy atom. The summed E-state index contributed by atoms with van der Waals surface area (Å²) in [5, 5.41) is 6.19. The van der Waals surface area contributed by atoms with Crippen molar-refractivity contribution in [1.29, 1.82) is 0 Å². The van der Waals surface area contributed by atoms with Crippen LogP contribution in [0.3, 0.4) is 0 Å². The Kier molecular flexibility index (Phi) is 5.92. The molecule has 2 aromatic rings. The van der Waals surface area contributed by atoms with Gasteiger partial charge in [0.15, 0.2) is 9.84 Å². The highest BCUT2D eigenvalue weighted by Crippen LogP contribution is 2.30. The summed E-state index contributed by atoms with van der Waals surface area (Å²) in [6, 6.07) is 9.65. The van der Waals surface area contributed by atoms with E-state index < -0.39 is 9.84 Å². The largest absolute Gasteiger partial charge is 0.495 e. The van der Waals surface area contributed by atoms with Crippen molar-refractivity contribution < 1.29 is 17.9 Å². The number of methoxy groups -OCH3 is 1. The zero-order valence-corrected chi connectivity index (χ0v) is 15.7. The molecular formula is C17H19ClN2O4S. The Morgan fingerprint density at radius 2 is 1.96 bits per heavy atom. The van der Waals surface area contributed by atoms with Crippen LogP contribution in [0.5, 0.6) is 5.75 Å². The summed E-state index contributed by atoms with van der Waals surface area (Å²) in [5.74, 6) is 0.160. The van der Waals surface area contributed by atoms with Crippen LogP contribution in [0.1, 0.15) is 5.56 Å². The molecule has 0 aliphatic heterocycles. The standard InChI is InChI=1S/C17H19ClN2O4S/c1-11-7-15(16(24-2)9-14(11)18)20-17(21)10-19-12-5-4-6-13(8-12)25(3,22)23/h4-9,19H,10H2,1-3H3,(H,20,21). The first kappa shape index (κ1) is 19.1. The molecule has 0 radical (unpaired) electrons. The Labute approximate surface area is 152 Å². The van der Waals surface area contributed by atoms with Gasteiger partial charge in [-0.05, 0) is 36.8 Å². The summed E-state index contributed by atoms with van der Waals surface area (Å²) < 4.78 is 28.3. The van der Waals surface area contributed by atoms with Crippen LogP contribution in [0.25, 0.3) is 0 Å². The third-order valence-corrected chi connectivity index (χ3v) is 4.99. The number of rotatable bonds is 6. The molecule has 0 fully saturated rings. The number of carbonyl (C=O) groups excluding carboxylic acids is 1. The van der Waals surface area contributed by atoms with E-state index in [0.29, 0.717) is 22.1 Å². The molecule has 0 aliphatic rings. The highest BCUT2D eigenvalue weighted by Gasteiger charge is 2.11. The van der Waals surface area contributed by atoms with Gasteiger partial charge in [0.1, 0.15) is 5.75 Å². The van der Waals surface area contributed by atoms with Gasteiger partial charge in [0.05, 0.1) is 24.2 Å². The Balaban J connectivity index is 2.06. The van der Waals surface area contributed by atoms with Crippen molar-refractivity contribution in [1.82, 2.24) is 0 Å².